The van der Waals surface area contributed by atoms with Crippen LogP contribution in [0.3, 0.4) is 0 Å². The first-order valence-electron chi connectivity index (χ1n) is 6.88. The Hall–Kier alpha value is -1.39. The average Bonchev–Trinajstić information content (AvgIpc) is 2.88. The van der Waals surface area contributed by atoms with Gasteiger partial charge >= 0.3 is 0 Å². The molecule has 0 spiro atoms. The number of benzene rings is 1. The van der Waals surface area contributed by atoms with E-state index in [0.717, 1.165) is 24.9 Å². The minimum absolute atomic E-state index is 0.0326. The van der Waals surface area contributed by atoms with E-state index in [1.807, 2.05) is 37.3 Å². The molecular weight excluding hydrogens is 240 g/mol. The lowest BCUT2D eigenvalue weighted by Gasteiger charge is -2.23. The molecule has 0 saturated carbocycles. The molecule has 2 atom stereocenters. The molecule has 1 aromatic carbocycles. The quantitative estimate of drug-likeness (QED) is 0.751. The van der Waals surface area contributed by atoms with Gasteiger partial charge in [-0.2, -0.15) is 0 Å². The van der Waals surface area contributed by atoms with Crippen molar-refractivity contribution in [2.24, 2.45) is 0 Å². The number of hydrogen-bond donors (Lipinski definition) is 3. The number of rotatable bonds is 5. The van der Waals surface area contributed by atoms with Crippen LogP contribution in [0.4, 0.5) is 0 Å². The second-order valence-corrected chi connectivity index (χ2v) is 5.33. The monoisotopic (exact) mass is 262 g/mol. The topological polar surface area (TPSA) is 61.4 Å². The molecule has 4 nitrogen and oxygen atoms in total. The lowest BCUT2D eigenvalue weighted by Crippen LogP contribution is -2.51. The molecule has 3 N–H and O–H groups in total. The predicted molar refractivity (Wildman–Crippen MR) is 74.7 cm³/mol. The van der Waals surface area contributed by atoms with Crippen molar-refractivity contribution in [2.45, 2.75) is 37.8 Å². The van der Waals surface area contributed by atoms with Crippen molar-refractivity contribution in [3.05, 3.63) is 35.9 Å². The van der Waals surface area contributed by atoms with E-state index in [1.54, 1.807) is 0 Å². The van der Waals surface area contributed by atoms with Gasteiger partial charge in [0.05, 0.1) is 11.6 Å². The van der Waals surface area contributed by atoms with E-state index in [9.17, 15) is 9.90 Å². The van der Waals surface area contributed by atoms with Crippen LogP contribution in [0.1, 0.15) is 37.9 Å². The molecule has 104 valence electrons. The second kappa shape index (κ2) is 6.17. The lowest BCUT2D eigenvalue weighted by atomic mass is 9.99. The minimum Gasteiger partial charge on any atom is -0.388 e. The van der Waals surface area contributed by atoms with Crippen LogP contribution in [0, 0.1) is 0 Å². The molecule has 2 unspecified atom stereocenters. The van der Waals surface area contributed by atoms with E-state index >= 15 is 0 Å². The third kappa shape index (κ3) is 3.55. The van der Waals surface area contributed by atoms with Crippen LogP contribution < -0.4 is 10.6 Å². The molecule has 4 heteroatoms. The molecule has 1 aromatic rings. The van der Waals surface area contributed by atoms with Crippen LogP contribution in [0.2, 0.25) is 0 Å². The zero-order valence-corrected chi connectivity index (χ0v) is 11.4. The van der Waals surface area contributed by atoms with Gasteiger partial charge in [0.15, 0.2) is 0 Å². The summed E-state index contributed by atoms with van der Waals surface area (Å²) in [4.78, 5) is 12.0. The molecule has 1 aliphatic rings. The fourth-order valence-electron chi connectivity index (χ4n) is 2.45. The molecule has 2 rings (SSSR count). The number of carbonyl (C=O) groups is 1. The largest absolute Gasteiger partial charge is 0.388 e. The van der Waals surface area contributed by atoms with Gasteiger partial charge in [0.2, 0.25) is 5.91 Å². The average molecular weight is 262 g/mol. The van der Waals surface area contributed by atoms with E-state index in [0.29, 0.717) is 13.0 Å². The maximum Gasteiger partial charge on any atom is 0.240 e. The third-order valence-electron chi connectivity index (χ3n) is 3.76. The minimum atomic E-state index is -0.522. The maximum atomic E-state index is 12.0. The summed E-state index contributed by atoms with van der Waals surface area (Å²) in [5, 5.41) is 16.1. The number of carbonyl (C=O) groups excluding carboxylic acids is 1. The normalized spacial score (nSPS) is 24.1. The SMILES string of the molecule is CC1(C(=O)NCCC(O)c2ccccc2)CCCN1. The van der Waals surface area contributed by atoms with Crippen LogP contribution in [0.15, 0.2) is 30.3 Å². The number of aliphatic hydroxyl groups excluding tert-OH is 1. The van der Waals surface area contributed by atoms with Crippen molar-refractivity contribution in [3.63, 3.8) is 0 Å². The summed E-state index contributed by atoms with van der Waals surface area (Å²) < 4.78 is 0. The zero-order valence-electron chi connectivity index (χ0n) is 11.4. The van der Waals surface area contributed by atoms with Gasteiger partial charge in [0.25, 0.3) is 0 Å². The highest BCUT2D eigenvalue weighted by molar-refractivity contribution is 5.86. The molecule has 0 aliphatic carbocycles. The highest BCUT2D eigenvalue weighted by atomic mass is 16.3. The van der Waals surface area contributed by atoms with Gasteiger partial charge in [-0.1, -0.05) is 30.3 Å². The van der Waals surface area contributed by atoms with Gasteiger partial charge in [0, 0.05) is 6.54 Å². The summed E-state index contributed by atoms with van der Waals surface area (Å²) in [5.41, 5.74) is 0.458. The van der Waals surface area contributed by atoms with Gasteiger partial charge in [-0.15, -0.1) is 0 Å². The van der Waals surface area contributed by atoms with Gasteiger partial charge < -0.3 is 15.7 Å². The number of nitrogens with one attached hydrogen (secondary N) is 2. The van der Waals surface area contributed by atoms with E-state index in [4.69, 9.17) is 0 Å². The Kier molecular flexibility index (Phi) is 4.56. The van der Waals surface area contributed by atoms with Crippen molar-refractivity contribution in [1.82, 2.24) is 10.6 Å². The molecule has 1 fully saturated rings. The first-order valence-corrected chi connectivity index (χ1v) is 6.88. The summed E-state index contributed by atoms with van der Waals surface area (Å²) in [6.07, 6.45) is 1.92. The van der Waals surface area contributed by atoms with Crippen LogP contribution in [-0.4, -0.2) is 29.6 Å². The summed E-state index contributed by atoms with van der Waals surface area (Å²) >= 11 is 0. The Morgan fingerprint density at radius 2 is 2.21 bits per heavy atom. The van der Waals surface area contributed by atoms with Crippen molar-refractivity contribution < 1.29 is 9.90 Å². The summed E-state index contributed by atoms with van der Waals surface area (Å²) in [7, 11) is 0. The molecule has 1 aliphatic heterocycles. The van der Waals surface area contributed by atoms with Crippen LogP contribution >= 0.6 is 0 Å². The van der Waals surface area contributed by atoms with Crippen molar-refractivity contribution in [3.8, 4) is 0 Å². The highest BCUT2D eigenvalue weighted by Crippen LogP contribution is 2.19. The predicted octanol–water partition coefficient (Wildman–Crippen LogP) is 1.37. The molecule has 1 heterocycles. The number of aliphatic hydroxyl groups is 1. The molecule has 0 bridgehead atoms. The summed E-state index contributed by atoms with van der Waals surface area (Å²) in [6.45, 7) is 3.33. The van der Waals surface area contributed by atoms with Gasteiger partial charge in [0.1, 0.15) is 0 Å². The standard InChI is InChI=1S/C15H22N2O2/c1-15(9-5-10-17-15)14(19)16-11-8-13(18)12-6-3-2-4-7-12/h2-4,6-7,13,17-18H,5,8-11H2,1H3,(H,16,19). The molecule has 1 saturated heterocycles. The molecule has 19 heavy (non-hydrogen) atoms. The van der Waals surface area contributed by atoms with Gasteiger partial charge in [-0.05, 0) is 38.3 Å². The fraction of sp³-hybridized carbons (Fsp3) is 0.533. The van der Waals surface area contributed by atoms with Crippen LogP contribution in [0.5, 0.6) is 0 Å². The van der Waals surface area contributed by atoms with Crippen LogP contribution in [0.25, 0.3) is 0 Å². The Labute approximate surface area is 114 Å². The van der Waals surface area contributed by atoms with E-state index < -0.39 is 11.6 Å². The Morgan fingerprint density at radius 1 is 1.47 bits per heavy atom. The smallest absolute Gasteiger partial charge is 0.240 e. The fourth-order valence-corrected chi connectivity index (χ4v) is 2.45. The van der Waals surface area contributed by atoms with E-state index in [2.05, 4.69) is 10.6 Å². The lowest BCUT2D eigenvalue weighted by molar-refractivity contribution is -0.126. The van der Waals surface area contributed by atoms with Crippen molar-refractivity contribution in [1.29, 1.82) is 0 Å². The first-order chi connectivity index (χ1) is 9.12. The van der Waals surface area contributed by atoms with Gasteiger partial charge in [-0.3, -0.25) is 4.79 Å². The molecular formula is C15H22N2O2. The summed E-state index contributed by atoms with van der Waals surface area (Å²) in [5.74, 6) is 0.0326. The van der Waals surface area contributed by atoms with Crippen molar-refractivity contribution in [2.75, 3.05) is 13.1 Å². The zero-order chi connectivity index (χ0) is 13.7. The van der Waals surface area contributed by atoms with Crippen molar-refractivity contribution >= 4 is 5.91 Å². The molecule has 1 amide bonds. The molecule has 0 aromatic heterocycles. The van der Waals surface area contributed by atoms with E-state index in [1.165, 1.54) is 0 Å². The maximum absolute atomic E-state index is 12.0. The molecule has 0 radical (unpaired) electrons. The number of amides is 1. The first kappa shape index (κ1) is 14.0. The summed E-state index contributed by atoms with van der Waals surface area (Å²) in [6, 6.07) is 9.52. The van der Waals surface area contributed by atoms with Gasteiger partial charge in [-0.25, -0.2) is 0 Å². The third-order valence-corrected chi connectivity index (χ3v) is 3.76. The Bertz CT molecular complexity index is 413. The number of hydrogen-bond acceptors (Lipinski definition) is 3. The van der Waals surface area contributed by atoms with E-state index in [-0.39, 0.29) is 5.91 Å². The highest BCUT2D eigenvalue weighted by Gasteiger charge is 2.35. The second-order valence-electron chi connectivity index (χ2n) is 5.33. The van der Waals surface area contributed by atoms with Crippen LogP contribution in [-0.2, 0) is 4.79 Å². The Morgan fingerprint density at radius 3 is 2.84 bits per heavy atom. The Balaban J connectivity index is 1.76.